The molecule has 0 saturated heterocycles. The fourth-order valence-electron chi connectivity index (χ4n) is 3.55. The Kier molecular flexibility index (Phi) is 10.0. The van der Waals surface area contributed by atoms with Crippen molar-refractivity contribution in [2.24, 2.45) is 0 Å². The van der Waals surface area contributed by atoms with Gasteiger partial charge in [-0.2, -0.15) is 0 Å². The van der Waals surface area contributed by atoms with Crippen molar-refractivity contribution in [2.45, 2.75) is 31.6 Å². The summed E-state index contributed by atoms with van der Waals surface area (Å²) in [6.07, 6.45) is 1.49. The van der Waals surface area contributed by atoms with Crippen molar-refractivity contribution >= 4 is 33.2 Å². The zero-order valence-electron chi connectivity index (χ0n) is 20.4. The summed E-state index contributed by atoms with van der Waals surface area (Å²) in [6, 6.07) is 20.3. The molecule has 3 rings (SSSR count). The molecule has 36 heavy (non-hydrogen) atoms. The average Bonchev–Trinajstić information content (AvgIpc) is 2.87. The van der Waals surface area contributed by atoms with Crippen LogP contribution in [0.1, 0.15) is 25.8 Å². The van der Waals surface area contributed by atoms with Crippen LogP contribution >= 0.6 is 11.6 Å². The maximum Gasteiger partial charge on any atom is 0.264 e. The van der Waals surface area contributed by atoms with Crippen LogP contribution in [0.4, 0.5) is 5.69 Å². The van der Waals surface area contributed by atoms with Crippen molar-refractivity contribution in [3.05, 3.63) is 83.4 Å². The number of benzene rings is 3. The average molecular weight is 531 g/mol. The quantitative estimate of drug-likeness (QED) is 0.311. The molecule has 1 N–H and O–H groups in total. The molecule has 0 unspecified atom stereocenters. The number of hydrogen-bond donors (Lipinski definition) is 1. The molecule has 7 nitrogen and oxygen atoms in total. The minimum Gasteiger partial charge on any atom is -0.494 e. The third kappa shape index (κ3) is 7.63. The third-order valence-electron chi connectivity index (χ3n) is 5.32. The predicted molar refractivity (Wildman–Crippen MR) is 143 cm³/mol. The Hall–Kier alpha value is -3.23. The van der Waals surface area contributed by atoms with Crippen molar-refractivity contribution in [1.29, 1.82) is 0 Å². The molecular formula is C27H31ClN2O5S. The molecule has 0 atom stereocenters. The highest BCUT2D eigenvalue weighted by atomic mass is 35.5. The minimum atomic E-state index is -4.01. The summed E-state index contributed by atoms with van der Waals surface area (Å²) in [5, 5.41) is 3.26. The van der Waals surface area contributed by atoms with Crippen LogP contribution < -0.4 is 19.1 Å². The van der Waals surface area contributed by atoms with Crippen LogP contribution in [0.2, 0.25) is 5.02 Å². The van der Waals surface area contributed by atoms with Crippen molar-refractivity contribution in [1.82, 2.24) is 5.32 Å². The van der Waals surface area contributed by atoms with Gasteiger partial charge in [0.1, 0.15) is 18.0 Å². The van der Waals surface area contributed by atoms with Crippen molar-refractivity contribution in [2.75, 3.05) is 30.6 Å². The second-order valence-corrected chi connectivity index (χ2v) is 10.2. The molecule has 0 aromatic heterocycles. The number of ether oxygens (including phenoxy) is 2. The highest BCUT2D eigenvalue weighted by Gasteiger charge is 2.27. The van der Waals surface area contributed by atoms with Crippen LogP contribution in [-0.2, 0) is 21.2 Å². The fourth-order valence-corrected chi connectivity index (χ4v) is 5.10. The normalized spacial score (nSPS) is 11.1. The molecule has 3 aromatic rings. The number of hydrogen-bond acceptors (Lipinski definition) is 5. The maximum absolute atomic E-state index is 13.4. The molecule has 0 spiro atoms. The van der Waals surface area contributed by atoms with E-state index in [-0.39, 0.29) is 11.4 Å². The SMILES string of the molecule is CCOc1ccc(CCCNC(=O)CN(c2ccc(OCC)cc2)S(=O)(=O)c2ccc(Cl)cc2)cc1. The molecular weight excluding hydrogens is 500 g/mol. The summed E-state index contributed by atoms with van der Waals surface area (Å²) in [5.74, 6) is 1.04. The van der Waals surface area contributed by atoms with Gasteiger partial charge in [-0.05, 0) is 92.9 Å². The number of carbonyl (C=O) groups is 1. The maximum atomic E-state index is 13.4. The van der Waals surface area contributed by atoms with E-state index in [2.05, 4.69) is 5.32 Å². The molecule has 9 heteroatoms. The first kappa shape index (κ1) is 27.4. The minimum absolute atomic E-state index is 0.0454. The molecule has 0 bridgehead atoms. The topological polar surface area (TPSA) is 84.9 Å². The molecule has 0 saturated carbocycles. The van der Waals surface area contributed by atoms with Gasteiger partial charge >= 0.3 is 0 Å². The largest absolute Gasteiger partial charge is 0.494 e. The van der Waals surface area contributed by atoms with Crippen molar-refractivity contribution < 1.29 is 22.7 Å². The highest BCUT2D eigenvalue weighted by Crippen LogP contribution is 2.26. The lowest BCUT2D eigenvalue weighted by Gasteiger charge is -2.24. The molecule has 1 amide bonds. The monoisotopic (exact) mass is 530 g/mol. The van der Waals surface area contributed by atoms with Crippen LogP contribution in [0.15, 0.2) is 77.7 Å². The summed E-state index contributed by atoms with van der Waals surface area (Å²) < 4.78 is 38.9. The summed E-state index contributed by atoms with van der Waals surface area (Å²) in [6.45, 7) is 4.98. The first-order valence-electron chi connectivity index (χ1n) is 11.8. The van der Waals surface area contributed by atoms with Gasteiger partial charge in [-0.25, -0.2) is 8.42 Å². The summed E-state index contributed by atoms with van der Waals surface area (Å²) >= 11 is 5.93. The van der Waals surface area contributed by atoms with E-state index in [9.17, 15) is 13.2 Å². The van der Waals surface area contributed by atoms with Gasteiger partial charge in [0, 0.05) is 11.6 Å². The lowest BCUT2D eigenvalue weighted by molar-refractivity contribution is -0.119. The van der Waals surface area contributed by atoms with Gasteiger partial charge in [0.2, 0.25) is 5.91 Å². The van der Waals surface area contributed by atoms with Gasteiger partial charge in [0.25, 0.3) is 10.0 Å². The van der Waals surface area contributed by atoms with E-state index in [0.29, 0.717) is 42.6 Å². The molecule has 0 radical (unpaired) electrons. The van der Waals surface area contributed by atoms with Crippen LogP contribution in [0.5, 0.6) is 11.5 Å². The molecule has 0 aliphatic rings. The Morgan fingerprint density at radius 2 is 1.42 bits per heavy atom. The van der Waals surface area contributed by atoms with E-state index < -0.39 is 15.9 Å². The zero-order valence-corrected chi connectivity index (χ0v) is 22.0. The van der Waals surface area contributed by atoms with Crippen LogP contribution in [0, 0.1) is 0 Å². The standard InChI is InChI=1S/C27H31ClN2O5S/c1-3-34-24-13-7-21(8-14-24)6-5-19-29-27(31)20-30(23-11-15-25(16-12-23)35-4-2)36(32,33)26-17-9-22(28)10-18-26/h7-18H,3-6,19-20H2,1-2H3,(H,29,31). The van der Waals surface area contributed by atoms with Crippen molar-refractivity contribution in [3.8, 4) is 11.5 Å². The van der Waals surface area contributed by atoms with Crippen LogP contribution in [-0.4, -0.2) is 40.6 Å². The predicted octanol–water partition coefficient (Wildman–Crippen LogP) is 5.08. The molecule has 0 aliphatic carbocycles. The van der Waals surface area contributed by atoms with Gasteiger partial charge in [-0.15, -0.1) is 0 Å². The number of amides is 1. The number of nitrogens with one attached hydrogen (secondary N) is 1. The number of anilines is 1. The number of rotatable bonds is 13. The van der Waals surface area contributed by atoms with Gasteiger partial charge in [0.05, 0.1) is 23.8 Å². The Bertz CT molecular complexity index is 1210. The van der Waals surface area contributed by atoms with E-state index in [4.69, 9.17) is 21.1 Å². The first-order valence-corrected chi connectivity index (χ1v) is 13.6. The van der Waals surface area contributed by atoms with Crippen molar-refractivity contribution in [3.63, 3.8) is 0 Å². The zero-order chi connectivity index (χ0) is 26.0. The second kappa shape index (κ2) is 13.2. The summed E-state index contributed by atoms with van der Waals surface area (Å²) in [5.41, 5.74) is 1.49. The highest BCUT2D eigenvalue weighted by molar-refractivity contribution is 7.92. The van der Waals surface area contributed by atoms with E-state index >= 15 is 0 Å². The van der Waals surface area contributed by atoms with Gasteiger partial charge in [0.15, 0.2) is 0 Å². The van der Waals surface area contributed by atoms with Gasteiger partial charge in [-0.1, -0.05) is 23.7 Å². The Morgan fingerprint density at radius 1 is 0.861 bits per heavy atom. The molecule has 0 aliphatic heterocycles. The molecule has 0 heterocycles. The number of halogens is 1. The number of nitrogens with zero attached hydrogens (tertiary/aromatic N) is 1. The number of carbonyl (C=O) groups excluding carboxylic acids is 1. The summed E-state index contributed by atoms with van der Waals surface area (Å²) in [7, 11) is -4.01. The van der Waals surface area contributed by atoms with Gasteiger partial charge in [-0.3, -0.25) is 9.10 Å². The summed E-state index contributed by atoms with van der Waals surface area (Å²) in [4.78, 5) is 12.8. The van der Waals surface area contributed by atoms with E-state index in [0.717, 1.165) is 22.0 Å². The third-order valence-corrected chi connectivity index (χ3v) is 7.36. The van der Waals surface area contributed by atoms with Crippen LogP contribution in [0.25, 0.3) is 0 Å². The van der Waals surface area contributed by atoms with E-state index in [1.54, 1.807) is 24.3 Å². The molecule has 3 aromatic carbocycles. The van der Waals surface area contributed by atoms with Crippen LogP contribution in [0.3, 0.4) is 0 Å². The Morgan fingerprint density at radius 3 is 1.97 bits per heavy atom. The first-order chi connectivity index (χ1) is 17.3. The smallest absolute Gasteiger partial charge is 0.264 e. The number of sulfonamides is 1. The lowest BCUT2D eigenvalue weighted by atomic mass is 10.1. The second-order valence-electron chi connectivity index (χ2n) is 7.92. The Balaban J connectivity index is 1.67. The van der Waals surface area contributed by atoms with E-state index in [1.807, 2.05) is 38.1 Å². The van der Waals surface area contributed by atoms with E-state index in [1.165, 1.54) is 24.3 Å². The molecule has 192 valence electrons. The molecule has 0 fully saturated rings. The number of aryl methyl sites for hydroxylation is 1. The lowest BCUT2D eigenvalue weighted by Crippen LogP contribution is -2.41. The Labute approximate surface area is 218 Å². The van der Waals surface area contributed by atoms with Gasteiger partial charge < -0.3 is 14.8 Å². The fraction of sp³-hybridized carbons (Fsp3) is 0.296.